The molecule has 0 aromatic heterocycles. The third kappa shape index (κ3) is 5.18. The predicted octanol–water partition coefficient (Wildman–Crippen LogP) is 1.81. The van der Waals surface area contributed by atoms with Gasteiger partial charge in [-0.15, -0.1) is 0 Å². The lowest BCUT2D eigenvalue weighted by molar-refractivity contribution is -0.151. The molecule has 9 heteroatoms. The van der Waals surface area contributed by atoms with Crippen LogP contribution in [0.4, 0.5) is 0 Å². The van der Waals surface area contributed by atoms with E-state index in [2.05, 4.69) is 5.32 Å². The van der Waals surface area contributed by atoms with E-state index in [-0.39, 0.29) is 17.4 Å². The Balaban J connectivity index is 2.01. The van der Waals surface area contributed by atoms with Gasteiger partial charge in [-0.3, -0.25) is 9.59 Å². The van der Waals surface area contributed by atoms with E-state index in [9.17, 15) is 18.0 Å². The number of rotatable bonds is 7. The van der Waals surface area contributed by atoms with Crippen LogP contribution in [-0.4, -0.2) is 50.3 Å². The van der Waals surface area contributed by atoms with E-state index in [1.807, 2.05) is 13.8 Å². The maximum atomic E-state index is 12.8. The first-order valence-corrected chi connectivity index (χ1v) is 10.2. The molecule has 144 valence electrons. The van der Waals surface area contributed by atoms with Gasteiger partial charge in [-0.2, -0.15) is 4.31 Å². The first kappa shape index (κ1) is 20.7. The molecule has 1 N–H and O–H groups in total. The minimum Gasteiger partial charge on any atom is -0.454 e. The standard InChI is InChI=1S/C17H23ClN2O5S/c1-12(2)10-19-16(21)11-25-17(22)15-4-3-9-20(15)26(23,24)14-7-5-13(18)6-8-14/h5-8,12,15H,3-4,9-11H2,1-2H3,(H,19,21). The molecule has 1 aliphatic rings. The van der Waals surface area contributed by atoms with E-state index >= 15 is 0 Å². The third-order valence-electron chi connectivity index (χ3n) is 3.95. The molecule has 1 aromatic rings. The van der Waals surface area contributed by atoms with Crippen molar-refractivity contribution in [3.8, 4) is 0 Å². The molecule has 1 fully saturated rings. The average Bonchev–Trinajstić information content (AvgIpc) is 3.09. The highest BCUT2D eigenvalue weighted by molar-refractivity contribution is 7.89. The van der Waals surface area contributed by atoms with Crippen LogP contribution in [0, 0.1) is 5.92 Å². The molecule has 1 amide bonds. The first-order chi connectivity index (χ1) is 12.2. The second kappa shape index (κ2) is 8.83. The SMILES string of the molecule is CC(C)CNC(=O)COC(=O)C1CCCN1S(=O)(=O)c1ccc(Cl)cc1. The topological polar surface area (TPSA) is 92.8 Å². The first-order valence-electron chi connectivity index (χ1n) is 8.42. The van der Waals surface area contributed by atoms with E-state index < -0.39 is 34.5 Å². The van der Waals surface area contributed by atoms with Crippen molar-refractivity contribution in [1.82, 2.24) is 9.62 Å². The van der Waals surface area contributed by atoms with Crippen molar-refractivity contribution in [2.24, 2.45) is 5.92 Å². The van der Waals surface area contributed by atoms with Gasteiger partial charge in [0.05, 0.1) is 4.90 Å². The lowest BCUT2D eigenvalue weighted by Gasteiger charge is -2.22. The number of amides is 1. The van der Waals surface area contributed by atoms with E-state index in [1.165, 1.54) is 24.3 Å². The van der Waals surface area contributed by atoms with Gasteiger partial charge in [0.2, 0.25) is 10.0 Å². The molecule has 1 aromatic carbocycles. The van der Waals surface area contributed by atoms with Gasteiger partial charge in [0.25, 0.3) is 5.91 Å². The van der Waals surface area contributed by atoms with Crippen molar-refractivity contribution in [2.45, 2.75) is 37.6 Å². The van der Waals surface area contributed by atoms with Crippen LogP contribution in [0.2, 0.25) is 5.02 Å². The van der Waals surface area contributed by atoms with Crippen LogP contribution in [0.1, 0.15) is 26.7 Å². The lowest BCUT2D eigenvalue weighted by atomic mass is 10.2. The monoisotopic (exact) mass is 402 g/mol. The van der Waals surface area contributed by atoms with Gasteiger partial charge < -0.3 is 10.1 Å². The molecule has 1 unspecified atom stereocenters. The minimum absolute atomic E-state index is 0.0660. The number of esters is 1. The maximum Gasteiger partial charge on any atom is 0.324 e. The van der Waals surface area contributed by atoms with Gasteiger partial charge in [0.15, 0.2) is 6.61 Å². The fraction of sp³-hybridized carbons (Fsp3) is 0.529. The summed E-state index contributed by atoms with van der Waals surface area (Å²) in [4.78, 5) is 24.0. The highest BCUT2D eigenvalue weighted by atomic mass is 35.5. The zero-order valence-corrected chi connectivity index (χ0v) is 16.3. The van der Waals surface area contributed by atoms with Crippen LogP contribution in [0.5, 0.6) is 0 Å². The van der Waals surface area contributed by atoms with Gasteiger partial charge in [-0.1, -0.05) is 25.4 Å². The number of carbonyl (C=O) groups is 2. The summed E-state index contributed by atoms with van der Waals surface area (Å²) in [6.45, 7) is 4.19. The Hall–Kier alpha value is -1.64. The molecule has 26 heavy (non-hydrogen) atoms. The Morgan fingerprint density at radius 3 is 2.58 bits per heavy atom. The molecule has 1 atom stereocenters. The molecule has 0 bridgehead atoms. The summed E-state index contributed by atoms with van der Waals surface area (Å²) in [5.74, 6) is -0.832. The fourth-order valence-electron chi connectivity index (χ4n) is 2.61. The van der Waals surface area contributed by atoms with Gasteiger partial charge in [0, 0.05) is 18.1 Å². The Labute approximate surface area is 158 Å². The molecule has 1 heterocycles. The highest BCUT2D eigenvalue weighted by Crippen LogP contribution is 2.27. The zero-order valence-electron chi connectivity index (χ0n) is 14.8. The summed E-state index contributed by atoms with van der Waals surface area (Å²) in [6.07, 6.45) is 0.908. The number of ether oxygens (including phenoxy) is 1. The number of carbonyl (C=O) groups excluding carboxylic acids is 2. The van der Waals surface area contributed by atoms with Crippen molar-refractivity contribution < 1.29 is 22.7 Å². The molecular weight excluding hydrogens is 380 g/mol. The molecule has 0 aliphatic carbocycles. The molecule has 7 nitrogen and oxygen atoms in total. The predicted molar refractivity (Wildman–Crippen MR) is 97.2 cm³/mol. The second-order valence-corrected chi connectivity index (χ2v) is 8.86. The van der Waals surface area contributed by atoms with E-state index in [0.29, 0.717) is 24.4 Å². The van der Waals surface area contributed by atoms with Crippen molar-refractivity contribution in [3.05, 3.63) is 29.3 Å². The molecule has 2 rings (SSSR count). The van der Waals surface area contributed by atoms with E-state index in [1.54, 1.807) is 0 Å². The van der Waals surface area contributed by atoms with Crippen molar-refractivity contribution in [3.63, 3.8) is 0 Å². The summed E-state index contributed by atoms with van der Waals surface area (Å²) >= 11 is 5.80. The summed E-state index contributed by atoms with van der Waals surface area (Å²) in [5, 5.41) is 3.06. The lowest BCUT2D eigenvalue weighted by Crippen LogP contribution is -2.42. The molecule has 0 saturated carbocycles. The summed E-state index contributed by atoms with van der Waals surface area (Å²) in [6, 6.07) is 4.84. The smallest absolute Gasteiger partial charge is 0.324 e. The van der Waals surface area contributed by atoms with Crippen molar-refractivity contribution in [2.75, 3.05) is 19.7 Å². The molecule has 0 spiro atoms. The van der Waals surface area contributed by atoms with Crippen LogP contribution in [0.25, 0.3) is 0 Å². The molecule has 0 radical (unpaired) electrons. The van der Waals surface area contributed by atoms with Crippen LogP contribution in [0.3, 0.4) is 0 Å². The van der Waals surface area contributed by atoms with Crippen LogP contribution >= 0.6 is 11.6 Å². The average molecular weight is 403 g/mol. The largest absolute Gasteiger partial charge is 0.454 e. The summed E-state index contributed by atoms with van der Waals surface area (Å²) < 4.78 is 31.7. The van der Waals surface area contributed by atoms with Gasteiger partial charge >= 0.3 is 5.97 Å². The van der Waals surface area contributed by atoms with Crippen LogP contribution < -0.4 is 5.32 Å². The van der Waals surface area contributed by atoms with E-state index in [0.717, 1.165) is 4.31 Å². The van der Waals surface area contributed by atoms with Crippen LogP contribution in [0.15, 0.2) is 29.2 Å². The maximum absolute atomic E-state index is 12.8. The van der Waals surface area contributed by atoms with E-state index in [4.69, 9.17) is 16.3 Å². The molecule has 1 aliphatic heterocycles. The Morgan fingerprint density at radius 2 is 1.96 bits per heavy atom. The van der Waals surface area contributed by atoms with Gasteiger partial charge in [-0.05, 0) is 43.0 Å². The minimum atomic E-state index is -3.84. The fourth-order valence-corrected chi connectivity index (χ4v) is 4.38. The number of benzene rings is 1. The summed E-state index contributed by atoms with van der Waals surface area (Å²) in [5.41, 5.74) is 0. The summed E-state index contributed by atoms with van der Waals surface area (Å²) in [7, 11) is -3.84. The number of nitrogens with one attached hydrogen (secondary N) is 1. The highest BCUT2D eigenvalue weighted by Gasteiger charge is 2.40. The number of halogens is 1. The number of nitrogens with zero attached hydrogens (tertiary/aromatic N) is 1. The number of hydrogen-bond acceptors (Lipinski definition) is 5. The van der Waals surface area contributed by atoms with Gasteiger partial charge in [0.1, 0.15) is 6.04 Å². The third-order valence-corrected chi connectivity index (χ3v) is 6.12. The second-order valence-electron chi connectivity index (χ2n) is 6.53. The normalized spacial score (nSPS) is 18.1. The molecular formula is C17H23ClN2O5S. The Bertz CT molecular complexity index is 749. The molecule has 1 saturated heterocycles. The number of sulfonamides is 1. The Morgan fingerprint density at radius 1 is 1.31 bits per heavy atom. The van der Waals surface area contributed by atoms with Crippen LogP contribution in [-0.2, 0) is 24.3 Å². The van der Waals surface area contributed by atoms with Gasteiger partial charge in [-0.25, -0.2) is 8.42 Å². The van der Waals surface area contributed by atoms with Crippen molar-refractivity contribution >= 4 is 33.5 Å². The van der Waals surface area contributed by atoms with Crippen molar-refractivity contribution in [1.29, 1.82) is 0 Å². The zero-order chi connectivity index (χ0) is 19.3. The number of hydrogen-bond donors (Lipinski definition) is 1. The Kier molecular flexibility index (Phi) is 7.02. The quantitative estimate of drug-likeness (QED) is 0.702.